The van der Waals surface area contributed by atoms with Crippen LogP contribution in [0.3, 0.4) is 0 Å². The van der Waals surface area contributed by atoms with E-state index in [-0.39, 0.29) is 0 Å². The van der Waals surface area contributed by atoms with Crippen LogP contribution in [-0.4, -0.2) is 38.9 Å². The molecule has 1 aromatic carbocycles. The molecule has 1 atom stereocenters. The molecule has 0 amide bonds. The van der Waals surface area contributed by atoms with Gasteiger partial charge in [-0.2, -0.15) is 0 Å². The fourth-order valence-corrected chi connectivity index (χ4v) is 3.05. The maximum Gasteiger partial charge on any atom is 0.184 e. The minimum Gasteiger partial charge on any atom is -0.486 e. The van der Waals surface area contributed by atoms with Gasteiger partial charge in [0.2, 0.25) is 0 Å². The molecule has 3 rings (SSSR count). The van der Waals surface area contributed by atoms with Crippen LogP contribution in [0, 0.1) is 0 Å². The quantitative estimate of drug-likeness (QED) is 0.918. The molecule has 20 heavy (non-hydrogen) atoms. The van der Waals surface area contributed by atoms with Gasteiger partial charge in [-0.25, -0.2) is 0 Å². The molecule has 110 valence electrons. The van der Waals surface area contributed by atoms with Crippen LogP contribution in [0.1, 0.15) is 25.8 Å². The Morgan fingerprint density at radius 3 is 2.90 bits per heavy atom. The third-order valence-corrected chi connectivity index (χ3v) is 4.22. The number of nitrogens with zero attached hydrogens (tertiary/aromatic N) is 1. The number of hydrogen-bond acceptors (Lipinski definition) is 4. The van der Waals surface area contributed by atoms with Crippen LogP contribution in [0.4, 0.5) is 5.69 Å². The number of fused-ring (bicyclic) bond motifs is 1. The molecule has 2 aliphatic rings. The van der Waals surface area contributed by atoms with E-state index in [2.05, 4.69) is 36.2 Å². The smallest absolute Gasteiger partial charge is 0.184 e. The Morgan fingerprint density at radius 2 is 2.10 bits per heavy atom. The lowest BCUT2D eigenvalue weighted by Crippen LogP contribution is -2.51. The average molecular weight is 276 g/mol. The minimum absolute atomic E-state index is 0.533. The first-order valence-electron chi connectivity index (χ1n) is 7.73. The van der Waals surface area contributed by atoms with Crippen molar-refractivity contribution in [1.29, 1.82) is 0 Å². The van der Waals surface area contributed by atoms with Gasteiger partial charge >= 0.3 is 0 Å². The largest absolute Gasteiger partial charge is 0.486 e. The molecule has 2 aliphatic heterocycles. The summed E-state index contributed by atoms with van der Waals surface area (Å²) in [5, 5.41) is 3.48. The molecule has 2 heterocycles. The van der Waals surface area contributed by atoms with Gasteiger partial charge < -0.3 is 19.7 Å². The fraction of sp³-hybridized carbons (Fsp3) is 0.625. The predicted octanol–water partition coefficient (Wildman–Crippen LogP) is 2.21. The molecule has 0 radical (unpaired) electrons. The molecule has 1 fully saturated rings. The first kappa shape index (κ1) is 13.6. The van der Waals surface area contributed by atoms with Gasteiger partial charge in [-0.1, -0.05) is 13.8 Å². The molecule has 0 aromatic heterocycles. The lowest BCUT2D eigenvalue weighted by molar-refractivity contribution is 0.171. The Balaban J connectivity index is 2.01. The highest BCUT2D eigenvalue weighted by Gasteiger charge is 2.27. The summed E-state index contributed by atoms with van der Waals surface area (Å²) in [5.74, 6) is 1.85. The summed E-state index contributed by atoms with van der Waals surface area (Å²) in [6.07, 6.45) is 2.16. The van der Waals surface area contributed by atoms with Crippen molar-refractivity contribution in [2.75, 3.05) is 37.7 Å². The van der Waals surface area contributed by atoms with Crippen LogP contribution in [-0.2, 0) is 6.42 Å². The summed E-state index contributed by atoms with van der Waals surface area (Å²) in [7, 11) is 0. The van der Waals surface area contributed by atoms with Crippen molar-refractivity contribution in [3.8, 4) is 11.5 Å². The molecule has 4 nitrogen and oxygen atoms in total. The summed E-state index contributed by atoms with van der Waals surface area (Å²) in [5.41, 5.74) is 2.53. The molecule has 1 N–H and O–H groups in total. The Bertz CT molecular complexity index is 476. The highest BCUT2D eigenvalue weighted by atomic mass is 16.6. The van der Waals surface area contributed by atoms with Crippen LogP contribution in [0.15, 0.2) is 12.1 Å². The zero-order valence-electron chi connectivity index (χ0n) is 12.4. The van der Waals surface area contributed by atoms with Crippen LogP contribution in [0.2, 0.25) is 0 Å². The van der Waals surface area contributed by atoms with Crippen molar-refractivity contribution in [2.45, 2.75) is 32.7 Å². The normalized spacial score (nSPS) is 21.9. The molecular formula is C16H24N2O2. The molecule has 0 aliphatic carbocycles. The van der Waals surface area contributed by atoms with E-state index in [0.717, 1.165) is 44.0 Å². The van der Waals surface area contributed by atoms with E-state index < -0.39 is 0 Å². The molecule has 1 saturated heterocycles. The van der Waals surface area contributed by atoms with Gasteiger partial charge in [0, 0.05) is 25.7 Å². The van der Waals surface area contributed by atoms with Crippen molar-refractivity contribution >= 4 is 5.69 Å². The maximum absolute atomic E-state index is 5.91. The van der Waals surface area contributed by atoms with E-state index in [1.807, 2.05) is 0 Å². The first-order chi connectivity index (χ1) is 9.83. The van der Waals surface area contributed by atoms with Gasteiger partial charge in [0.15, 0.2) is 11.5 Å². The second kappa shape index (κ2) is 5.92. The molecule has 0 spiro atoms. The van der Waals surface area contributed by atoms with Crippen LogP contribution < -0.4 is 19.7 Å². The standard InChI is InChI=1S/C16H24N2O2/c1-3-12-9-14(16-15(10-12)19-7-8-20-16)18-6-5-17-11-13(18)4-2/h9-10,13,17H,3-8,11H2,1-2H3. The number of ether oxygens (including phenoxy) is 2. The zero-order valence-corrected chi connectivity index (χ0v) is 12.4. The zero-order chi connectivity index (χ0) is 13.9. The summed E-state index contributed by atoms with van der Waals surface area (Å²) >= 11 is 0. The fourth-order valence-electron chi connectivity index (χ4n) is 3.05. The monoisotopic (exact) mass is 276 g/mol. The third-order valence-electron chi connectivity index (χ3n) is 4.22. The number of piperazine rings is 1. The number of rotatable bonds is 3. The van der Waals surface area contributed by atoms with Crippen molar-refractivity contribution in [1.82, 2.24) is 5.32 Å². The van der Waals surface area contributed by atoms with E-state index >= 15 is 0 Å². The van der Waals surface area contributed by atoms with Crippen molar-refractivity contribution < 1.29 is 9.47 Å². The van der Waals surface area contributed by atoms with Crippen molar-refractivity contribution in [2.24, 2.45) is 0 Å². The van der Waals surface area contributed by atoms with Crippen molar-refractivity contribution in [3.63, 3.8) is 0 Å². The molecule has 4 heteroatoms. The summed E-state index contributed by atoms with van der Waals surface area (Å²) < 4.78 is 11.7. The van der Waals surface area contributed by atoms with Crippen molar-refractivity contribution in [3.05, 3.63) is 17.7 Å². The number of hydrogen-bond donors (Lipinski definition) is 1. The minimum atomic E-state index is 0.533. The van der Waals surface area contributed by atoms with Crippen LogP contribution >= 0.6 is 0 Å². The second-order valence-electron chi connectivity index (χ2n) is 5.45. The number of nitrogens with one attached hydrogen (secondary N) is 1. The molecular weight excluding hydrogens is 252 g/mol. The highest BCUT2D eigenvalue weighted by Crippen LogP contribution is 2.42. The van der Waals surface area contributed by atoms with Gasteiger partial charge in [0.25, 0.3) is 0 Å². The van der Waals surface area contributed by atoms with Gasteiger partial charge in [0.05, 0.1) is 5.69 Å². The summed E-state index contributed by atoms with van der Waals surface area (Å²) in [4.78, 5) is 2.49. The number of benzene rings is 1. The van der Waals surface area contributed by atoms with Gasteiger partial charge in [-0.15, -0.1) is 0 Å². The Labute approximate surface area is 121 Å². The Hall–Kier alpha value is -1.42. The van der Waals surface area contributed by atoms with Gasteiger partial charge in [-0.3, -0.25) is 0 Å². The van der Waals surface area contributed by atoms with Gasteiger partial charge in [0.1, 0.15) is 13.2 Å². The Kier molecular flexibility index (Phi) is 4.01. The topological polar surface area (TPSA) is 33.7 Å². The van der Waals surface area contributed by atoms with E-state index in [4.69, 9.17) is 9.47 Å². The van der Waals surface area contributed by atoms with E-state index in [9.17, 15) is 0 Å². The first-order valence-corrected chi connectivity index (χ1v) is 7.73. The predicted molar refractivity (Wildman–Crippen MR) is 81.1 cm³/mol. The summed E-state index contributed by atoms with van der Waals surface area (Å²) in [6, 6.07) is 4.94. The van der Waals surface area contributed by atoms with Gasteiger partial charge in [-0.05, 0) is 30.5 Å². The average Bonchev–Trinajstić information content (AvgIpc) is 2.53. The molecule has 1 aromatic rings. The molecule has 1 unspecified atom stereocenters. The molecule has 0 saturated carbocycles. The van der Waals surface area contributed by atoms with E-state index in [1.54, 1.807) is 0 Å². The third kappa shape index (κ3) is 2.44. The van der Waals surface area contributed by atoms with Crippen LogP contribution in [0.25, 0.3) is 0 Å². The van der Waals surface area contributed by atoms with Crippen LogP contribution in [0.5, 0.6) is 11.5 Å². The van der Waals surface area contributed by atoms with E-state index in [0.29, 0.717) is 19.3 Å². The maximum atomic E-state index is 5.91. The lowest BCUT2D eigenvalue weighted by Gasteiger charge is -2.39. The molecule has 0 bridgehead atoms. The number of aryl methyl sites for hydroxylation is 1. The lowest BCUT2D eigenvalue weighted by atomic mass is 10.1. The van der Waals surface area contributed by atoms with E-state index in [1.165, 1.54) is 11.3 Å². The number of anilines is 1. The SMILES string of the molecule is CCc1cc2c(c(N3CCNCC3CC)c1)OCCO2. The summed E-state index contributed by atoms with van der Waals surface area (Å²) in [6.45, 7) is 8.83. The Morgan fingerprint density at radius 1 is 1.25 bits per heavy atom. The highest BCUT2D eigenvalue weighted by molar-refractivity contribution is 5.67. The second-order valence-corrected chi connectivity index (χ2v) is 5.45.